The van der Waals surface area contributed by atoms with Crippen LogP contribution in [0.3, 0.4) is 0 Å². The van der Waals surface area contributed by atoms with Crippen molar-refractivity contribution in [1.29, 1.82) is 0 Å². The average Bonchev–Trinajstić information content (AvgIpc) is 3.12. The van der Waals surface area contributed by atoms with Gasteiger partial charge in [0.25, 0.3) is 0 Å². The van der Waals surface area contributed by atoms with Gasteiger partial charge < -0.3 is 9.64 Å². The molecule has 0 aliphatic carbocycles. The molecule has 7 heteroatoms. The van der Waals surface area contributed by atoms with Gasteiger partial charge in [-0.1, -0.05) is 23.5 Å². The van der Waals surface area contributed by atoms with Crippen molar-refractivity contribution in [3.8, 4) is 0 Å². The standard InChI is InChI=1S/C17H21FN4OS/c18-15-4-2-14(3-5-15)10-21-8-9-23-17(11-21)6-1-7-22(12-17)16-20-19-13-24-16/h2-5,13H,1,6-12H2/t17-/m0/s1. The highest BCUT2D eigenvalue weighted by molar-refractivity contribution is 7.13. The predicted molar refractivity (Wildman–Crippen MR) is 91.7 cm³/mol. The Morgan fingerprint density at radius 3 is 2.88 bits per heavy atom. The lowest BCUT2D eigenvalue weighted by Crippen LogP contribution is -2.59. The van der Waals surface area contributed by atoms with Gasteiger partial charge in [0.15, 0.2) is 0 Å². The Morgan fingerprint density at radius 2 is 2.08 bits per heavy atom. The van der Waals surface area contributed by atoms with E-state index in [1.165, 1.54) is 12.1 Å². The van der Waals surface area contributed by atoms with Crippen LogP contribution in [0.5, 0.6) is 0 Å². The fourth-order valence-electron chi connectivity index (χ4n) is 3.72. The van der Waals surface area contributed by atoms with Crippen LogP contribution in [0.1, 0.15) is 18.4 Å². The van der Waals surface area contributed by atoms with E-state index < -0.39 is 0 Å². The van der Waals surface area contributed by atoms with Crippen molar-refractivity contribution in [3.63, 3.8) is 0 Å². The van der Waals surface area contributed by atoms with Crippen LogP contribution >= 0.6 is 11.3 Å². The molecule has 2 aliphatic rings. The molecule has 2 aliphatic heterocycles. The van der Waals surface area contributed by atoms with E-state index in [-0.39, 0.29) is 11.4 Å². The van der Waals surface area contributed by atoms with Gasteiger partial charge in [-0.15, -0.1) is 10.2 Å². The number of aromatic nitrogens is 2. The van der Waals surface area contributed by atoms with Gasteiger partial charge in [0.2, 0.25) is 5.13 Å². The van der Waals surface area contributed by atoms with E-state index in [4.69, 9.17) is 4.74 Å². The topological polar surface area (TPSA) is 41.5 Å². The van der Waals surface area contributed by atoms with Gasteiger partial charge in [0.05, 0.1) is 18.8 Å². The third-order valence-corrected chi connectivity index (χ3v) is 5.56. The summed E-state index contributed by atoms with van der Waals surface area (Å²) in [7, 11) is 0. The van der Waals surface area contributed by atoms with E-state index >= 15 is 0 Å². The molecule has 3 heterocycles. The quantitative estimate of drug-likeness (QED) is 0.853. The molecule has 5 nitrogen and oxygen atoms in total. The molecule has 2 saturated heterocycles. The first-order valence-electron chi connectivity index (χ1n) is 8.34. The number of benzene rings is 1. The van der Waals surface area contributed by atoms with Gasteiger partial charge in [-0.3, -0.25) is 4.90 Å². The van der Waals surface area contributed by atoms with Crippen LogP contribution in [0.2, 0.25) is 0 Å². The largest absolute Gasteiger partial charge is 0.370 e. The smallest absolute Gasteiger partial charge is 0.208 e. The number of halogens is 1. The molecule has 0 bridgehead atoms. The summed E-state index contributed by atoms with van der Waals surface area (Å²) in [5, 5.41) is 9.14. The molecule has 0 saturated carbocycles. The minimum atomic E-state index is -0.183. The van der Waals surface area contributed by atoms with Crippen molar-refractivity contribution >= 4 is 16.5 Å². The first kappa shape index (κ1) is 15.9. The van der Waals surface area contributed by atoms with Gasteiger partial charge in [0, 0.05) is 26.2 Å². The Hall–Kier alpha value is -1.57. The summed E-state index contributed by atoms with van der Waals surface area (Å²) in [5.74, 6) is -0.183. The van der Waals surface area contributed by atoms with E-state index in [9.17, 15) is 4.39 Å². The Balaban J connectivity index is 1.44. The van der Waals surface area contributed by atoms with Crippen LogP contribution in [0.15, 0.2) is 29.8 Å². The number of hydrogen-bond acceptors (Lipinski definition) is 6. The Labute approximate surface area is 145 Å². The minimum absolute atomic E-state index is 0.137. The van der Waals surface area contributed by atoms with Crippen LogP contribution < -0.4 is 4.90 Å². The van der Waals surface area contributed by atoms with Crippen molar-refractivity contribution in [1.82, 2.24) is 15.1 Å². The molecule has 0 N–H and O–H groups in total. The molecule has 0 amide bonds. The monoisotopic (exact) mass is 348 g/mol. The van der Waals surface area contributed by atoms with Gasteiger partial charge >= 0.3 is 0 Å². The fourth-order valence-corrected chi connectivity index (χ4v) is 4.31. The summed E-state index contributed by atoms with van der Waals surface area (Å²) in [5.41, 5.74) is 2.78. The number of piperidine rings is 1. The first-order chi connectivity index (χ1) is 11.7. The molecular weight excluding hydrogens is 327 g/mol. The Kier molecular flexibility index (Phi) is 4.47. The van der Waals surface area contributed by atoms with Gasteiger partial charge in [0.1, 0.15) is 11.3 Å². The molecule has 2 aromatic rings. The zero-order valence-electron chi connectivity index (χ0n) is 13.5. The summed E-state index contributed by atoms with van der Waals surface area (Å²) >= 11 is 1.58. The van der Waals surface area contributed by atoms with E-state index in [1.54, 1.807) is 16.8 Å². The van der Waals surface area contributed by atoms with E-state index in [2.05, 4.69) is 20.0 Å². The fraction of sp³-hybridized carbons (Fsp3) is 0.529. The van der Waals surface area contributed by atoms with E-state index in [0.29, 0.717) is 0 Å². The maximum atomic E-state index is 13.1. The molecule has 0 unspecified atom stereocenters. The zero-order chi connectivity index (χ0) is 16.4. The highest BCUT2D eigenvalue weighted by Crippen LogP contribution is 2.32. The zero-order valence-corrected chi connectivity index (χ0v) is 14.3. The third-order valence-electron chi connectivity index (χ3n) is 4.81. The average molecular weight is 348 g/mol. The van der Waals surface area contributed by atoms with Crippen molar-refractivity contribution in [2.75, 3.05) is 37.7 Å². The molecule has 0 radical (unpaired) electrons. The maximum absolute atomic E-state index is 13.1. The molecule has 1 aromatic carbocycles. The van der Waals surface area contributed by atoms with Gasteiger partial charge in [-0.05, 0) is 30.5 Å². The molecule has 1 atom stereocenters. The lowest BCUT2D eigenvalue weighted by atomic mass is 9.90. The summed E-state index contributed by atoms with van der Waals surface area (Å²) in [4.78, 5) is 4.71. The van der Waals surface area contributed by atoms with Gasteiger partial charge in [-0.25, -0.2) is 4.39 Å². The molecule has 24 heavy (non-hydrogen) atoms. The summed E-state index contributed by atoms with van der Waals surface area (Å²) < 4.78 is 19.3. The Morgan fingerprint density at radius 1 is 1.21 bits per heavy atom. The molecule has 4 rings (SSSR count). The molecule has 1 spiro atoms. The van der Waals surface area contributed by atoms with Gasteiger partial charge in [-0.2, -0.15) is 0 Å². The predicted octanol–water partition coefficient (Wildman–Crippen LogP) is 2.55. The number of nitrogens with zero attached hydrogens (tertiary/aromatic N) is 4. The van der Waals surface area contributed by atoms with Crippen molar-refractivity contribution in [2.24, 2.45) is 0 Å². The maximum Gasteiger partial charge on any atom is 0.208 e. The number of ether oxygens (including phenoxy) is 1. The summed E-state index contributed by atoms with van der Waals surface area (Å²) in [6.45, 7) is 5.27. The first-order valence-corrected chi connectivity index (χ1v) is 9.22. The van der Waals surface area contributed by atoms with Crippen LogP contribution in [-0.2, 0) is 11.3 Å². The molecular formula is C17H21FN4OS. The third kappa shape index (κ3) is 3.43. The summed E-state index contributed by atoms with van der Waals surface area (Å²) in [6, 6.07) is 6.80. The van der Waals surface area contributed by atoms with E-state index in [1.807, 2.05) is 12.1 Å². The number of anilines is 1. The molecule has 2 fully saturated rings. The second-order valence-corrected chi connectivity index (χ2v) is 7.43. The van der Waals surface area contributed by atoms with Crippen LogP contribution in [0.25, 0.3) is 0 Å². The lowest BCUT2D eigenvalue weighted by molar-refractivity contribution is -0.116. The lowest BCUT2D eigenvalue weighted by Gasteiger charge is -2.48. The number of rotatable bonds is 3. The molecule has 128 valence electrons. The number of morpholine rings is 1. The van der Waals surface area contributed by atoms with E-state index in [0.717, 1.165) is 62.9 Å². The summed E-state index contributed by atoms with van der Waals surface area (Å²) in [6.07, 6.45) is 2.17. The minimum Gasteiger partial charge on any atom is -0.370 e. The van der Waals surface area contributed by atoms with Crippen molar-refractivity contribution in [2.45, 2.75) is 25.0 Å². The second-order valence-electron chi connectivity index (χ2n) is 6.62. The highest BCUT2D eigenvalue weighted by atomic mass is 32.1. The number of hydrogen-bond donors (Lipinski definition) is 0. The Bertz CT molecular complexity index is 662. The van der Waals surface area contributed by atoms with Crippen molar-refractivity contribution in [3.05, 3.63) is 41.2 Å². The van der Waals surface area contributed by atoms with Crippen LogP contribution in [0.4, 0.5) is 9.52 Å². The normalized spacial score (nSPS) is 25.3. The SMILES string of the molecule is Fc1ccc(CN2CCO[C@@]3(CCCN(c4nncs4)C3)C2)cc1. The van der Waals surface area contributed by atoms with Crippen molar-refractivity contribution < 1.29 is 9.13 Å². The van der Waals surface area contributed by atoms with Crippen LogP contribution in [-0.4, -0.2) is 53.5 Å². The highest BCUT2D eigenvalue weighted by Gasteiger charge is 2.41. The van der Waals surface area contributed by atoms with Crippen LogP contribution in [0, 0.1) is 5.82 Å². The molecule has 1 aromatic heterocycles. The second kappa shape index (κ2) is 6.74.